The van der Waals surface area contributed by atoms with Crippen molar-refractivity contribution in [1.82, 2.24) is 4.57 Å². The summed E-state index contributed by atoms with van der Waals surface area (Å²) in [5.41, 5.74) is 10.6. The van der Waals surface area contributed by atoms with Crippen LogP contribution < -0.4 is 5.73 Å². The molecule has 2 nitrogen and oxygen atoms in total. The van der Waals surface area contributed by atoms with Crippen molar-refractivity contribution < 1.29 is 0 Å². The maximum absolute atomic E-state index is 5.88. The number of benzene rings is 1. The molecule has 0 aliphatic heterocycles. The molecular weight excluding hydrogens is 208 g/mol. The number of hydrogen-bond donors (Lipinski definition) is 1. The summed E-state index contributed by atoms with van der Waals surface area (Å²) in [5, 5.41) is 1.10. The molecule has 0 radical (unpaired) electrons. The highest BCUT2D eigenvalue weighted by Gasteiger charge is 2.02. The van der Waals surface area contributed by atoms with Gasteiger partial charge in [0.25, 0.3) is 0 Å². The molecule has 0 saturated heterocycles. The zero-order valence-corrected chi connectivity index (χ0v) is 9.33. The van der Waals surface area contributed by atoms with Crippen molar-refractivity contribution in [2.75, 3.05) is 5.73 Å². The second-order valence-electron chi connectivity index (χ2n) is 3.68. The second-order valence-corrected chi connectivity index (χ2v) is 3.90. The lowest BCUT2D eigenvalue weighted by molar-refractivity contribution is 0.821. The first kappa shape index (κ1) is 10.1. The van der Waals surface area contributed by atoms with Gasteiger partial charge >= 0.3 is 0 Å². The number of anilines is 1. The van der Waals surface area contributed by atoms with Crippen molar-refractivity contribution in [2.45, 2.75) is 13.5 Å². The number of nitrogens with two attached hydrogens (primary N) is 1. The van der Waals surface area contributed by atoms with E-state index in [0.717, 1.165) is 28.7 Å². The molecule has 2 aromatic rings. The average molecular weight is 221 g/mol. The number of fused-ring (bicyclic) bond motifs is 1. The minimum absolute atomic E-state index is 0.802. The summed E-state index contributed by atoms with van der Waals surface area (Å²) < 4.78 is 2.14. The Morgan fingerprint density at radius 2 is 2.27 bits per heavy atom. The lowest BCUT2D eigenvalue weighted by atomic mass is 10.2. The van der Waals surface area contributed by atoms with Crippen LogP contribution in [0.2, 0.25) is 0 Å². The summed E-state index contributed by atoms with van der Waals surface area (Å²) in [6.45, 7) is 2.81. The zero-order valence-electron chi connectivity index (χ0n) is 8.57. The molecule has 2 N–H and O–H groups in total. The smallest absolute Gasteiger partial charge is 0.0504 e. The van der Waals surface area contributed by atoms with Gasteiger partial charge in [-0.15, -0.1) is 0 Å². The fourth-order valence-corrected chi connectivity index (χ4v) is 1.76. The Balaban J connectivity index is 2.50. The van der Waals surface area contributed by atoms with Crippen LogP contribution >= 0.6 is 11.6 Å². The average Bonchev–Trinajstić information content (AvgIpc) is 2.63. The summed E-state index contributed by atoms with van der Waals surface area (Å²) >= 11 is 5.65. The van der Waals surface area contributed by atoms with Gasteiger partial charge in [0.15, 0.2) is 0 Å². The first-order valence-corrected chi connectivity index (χ1v) is 5.25. The molecule has 2 rings (SSSR count). The van der Waals surface area contributed by atoms with Gasteiger partial charge in [0.05, 0.1) is 5.52 Å². The Hall–Kier alpha value is -1.41. The van der Waals surface area contributed by atoms with Crippen LogP contribution in [-0.2, 0) is 6.54 Å². The Bertz CT molecular complexity index is 511. The minimum Gasteiger partial charge on any atom is -0.398 e. The van der Waals surface area contributed by atoms with E-state index in [9.17, 15) is 0 Å². The SMILES string of the molecule is C/C(=C/Cl)Cn1ccc2c(N)cccc21. The van der Waals surface area contributed by atoms with E-state index >= 15 is 0 Å². The largest absolute Gasteiger partial charge is 0.398 e. The molecule has 0 saturated carbocycles. The van der Waals surface area contributed by atoms with Crippen molar-refractivity contribution in [1.29, 1.82) is 0 Å². The van der Waals surface area contributed by atoms with Gasteiger partial charge in [-0.1, -0.05) is 17.7 Å². The van der Waals surface area contributed by atoms with Crippen LogP contribution in [0.4, 0.5) is 5.69 Å². The molecule has 0 unspecified atom stereocenters. The molecule has 1 heterocycles. The molecule has 15 heavy (non-hydrogen) atoms. The van der Waals surface area contributed by atoms with Crippen LogP contribution in [0.15, 0.2) is 41.6 Å². The Kier molecular flexibility index (Phi) is 2.69. The van der Waals surface area contributed by atoms with Crippen molar-refractivity contribution in [2.24, 2.45) is 0 Å². The summed E-state index contributed by atoms with van der Waals surface area (Å²) in [6.07, 6.45) is 2.03. The number of aromatic nitrogens is 1. The van der Waals surface area contributed by atoms with Crippen LogP contribution in [0.1, 0.15) is 6.92 Å². The van der Waals surface area contributed by atoms with Crippen molar-refractivity contribution in [3.8, 4) is 0 Å². The van der Waals surface area contributed by atoms with Gasteiger partial charge in [-0.2, -0.15) is 0 Å². The van der Waals surface area contributed by atoms with Crippen molar-refractivity contribution in [3.63, 3.8) is 0 Å². The Labute approximate surface area is 93.9 Å². The summed E-state index contributed by atoms with van der Waals surface area (Å²) in [6, 6.07) is 7.98. The van der Waals surface area contributed by atoms with Gasteiger partial charge in [0.2, 0.25) is 0 Å². The molecule has 0 aliphatic carbocycles. The Morgan fingerprint density at radius 1 is 1.47 bits per heavy atom. The van der Waals surface area contributed by atoms with Gasteiger partial charge in [-0.3, -0.25) is 0 Å². The summed E-state index contributed by atoms with van der Waals surface area (Å²) in [5.74, 6) is 0. The van der Waals surface area contributed by atoms with Crippen LogP contribution in [0, 0.1) is 0 Å². The molecule has 1 aromatic carbocycles. The number of hydrogen-bond acceptors (Lipinski definition) is 1. The quantitative estimate of drug-likeness (QED) is 0.773. The number of halogens is 1. The first-order chi connectivity index (χ1) is 7.22. The van der Waals surface area contributed by atoms with Crippen LogP contribution in [0.5, 0.6) is 0 Å². The molecule has 0 amide bonds. The van der Waals surface area contributed by atoms with Gasteiger partial charge in [0.1, 0.15) is 0 Å². The lowest BCUT2D eigenvalue weighted by Gasteiger charge is -2.05. The van der Waals surface area contributed by atoms with E-state index in [-0.39, 0.29) is 0 Å². The highest BCUT2D eigenvalue weighted by molar-refractivity contribution is 6.25. The lowest BCUT2D eigenvalue weighted by Crippen LogP contribution is -1.96. The third-order valence-corrected chi connectivity index (χ3v) is 2.83. The Morgan fingerprint density at radius 3 is 3.00 bits per heavy atom. The highest BCUT2D eigenvalue weighted by atomic mass is 35.5. The molecule has 0 atom stereocenters. The van der Waals surface area contributed by atoms with E-state index in [1.165, 1.54) is 0 Å². The minimum atomic E-state index is 0.802. The van der Waals surface area contributed by atoms with Gasteiger partial charge in [-0.25, -0.2) is 0 Å². The molecule has 1 aromatic heterocycles. The number of allylic oxidation sites excluding steroid dienone is 1. The van der Waals surface area contributed by atoms with Crippen LogP contribution in [-0.4, -0.2) is 4.57 Å². The zero-order chi connectivity index (χ0) is 10.8. The predicted octanol–water partition coefficient (Wildman–Crippen LogP) is 3.37. The standard InChI is InChI=1S/C12H13ClN2/c1-9(7-13)8-15-6-5-10-11(14)3-2-4-12(10)15/h2-7H,8,14H2,1H3/b9-7-. The van der Waals surface area contributed by atoms with Gasteiger partial charge < -0.3 is 10.3 Å². The highest BCUT2D eigenvalue weighted by Crippen LogP contribution is 2.22. The molecule has 0 fully saturated rings. The van der Waals surface area contributed by atoms with Crippen LogP contribution in [0.25, 0.3) is 10.9 Å². The fraction of sp³-hybridized carbons (Fsp3) is 0.167. The number of nitrogens with zero attached hydrogens (tertiary/aromatic N) is 1. The van der Waals surface area contributed by atoms with Crippen molar-refractivity contribution in [3.05, 3.63) is 41.6 Å². The molecular formula is C12H13ClN2. The number of nitrogen functional groups attached to an aromatic ring is 1. The molecule has 0 spiro atoms. The van der Waals surface area contributed by atoms with E-state index < -0.39 is 0 Å². The monoisotopic (exact) mass is 220 g/mol. The van der Waals surface area contributed by atoms with E-state index in [2.05, 4.69) is 10.6 Å². The topological polar surface area (TPSA) is 30.9 Å². The molecule has 78 valence electrons. The molecule has 3 heteroatoms. The van der Waals surface area contributed by atoms with Gasteiger partial charge in [0, 0.05) is 29.4 Å². The van der Waals surface area contributed by atoms with Gasteiger partial charge in [-0.05, 0) is 30.7 Å². The third-order valence-electron chi connectivity index (χ3n) is 2.45. The van der Waals surface area contributed by atoms with Crippen LogP contribution in [0.3, 0.4) is 0 Å². The van der Waals surface area contributed by atoms with E-state index in [1.807, 2.05) is 31.3 Å². The van der Waals surface area contributed by atoms with E-state index in [1.54, 1.807) is 5.54 Å². The third kappa shape index (κ3) is 1.85. The van der Waals surface area contributed by atoms with E-state index in [4.69, 9.17) is 17.3 Å². The molecule has 0 bridgehead atoms. The van der Waals surface area contributed by atoms with Crippen molar-refractivity contribution >= 4 is 28.2 Å². The number of rotatable bonds is 2. The predicted molar refractivity (Wildman–Crippen MR) is 66.0 cm³/mol. The summed E-state index contributed by atoms with van der Waals surface area (Å²) in [7, 11) is 0. The summed E-state index contributed by atoms with van der Waals surface area (Å²) in [4.78, 5) is 0. The first-order valence-electron chi connectivity index (χ1n) is 4.81. The maximum atomic E-state index is 5.88. The maximum Gasteiger partial charge on any atom is 0.0504 e. The molecule has 0 aliphatic rings. The fourth-order valence-electron chi connectivity index (χ4n) is 1.69. The second kappa shape index (κ2) is 3.99. The van der Waals surface area contributed by atoms with E-state index in [0.29, 0.717) is 0 Å². The normalized spacial score (nSPS) is 12.3.